The van der Waals surface area contributed by atoms with Gasteiger partial charge >= 0.3 is 0 Å². The quantitative estimate of drug-likeness (QED) is 0.792. The van der Waals surface area contributed by atoms with E-state index in [1.165, 1.54) is 16.4 Å². The summed E-state index contributed by atoms with van der Waals surface area (Å²) in [5.41, 5.74) is 0. The number of sulfonamides is 1. The van der Waals surface area contributed by atoms with E-state index >= 15 is 0 Å². The van der Waals surface area contributed by atoms with E-state index in [1.54, 1.807) is 0 Å². The topological polar surface area (TPSA) is 71.5 Å². The first-order valence-corrected chi connectivity index (χ1v) is 9.43. The van der Waals surface area contributed by atoms with Crippen LogP contribution in [0.2, 0.25) is 0 Å². The summed E-state index contributed by atoms with van der Waals surface area (Å²) in [4.78, 5) is 0. The van der Waals surface area contributed by atoms with Gasteiger partial charge in [0.2, 0.25) is 0 Å². The Morgan fingerprint density at radius 1 is 1.06 bits per heavy atom. The van der Waals surface area contributed by atoms with Gasteiger partial charge in [-0.3, -0.25) is 0 Å². The Labute approximate surface area is 108 Å². The number of rotatable bonds is 3. The Bertz CT molecular complexity index is 613. The molecule has 0 aliphatic carbocycles. The maximum absolute atomic E-state index is 12.1. The number of hydrogen-bond acceptors (Lipinski definition) is 5. The molecule has 0 radical (unpaired) electrons. The third kappa shape index (κ3) is 2.65. The van der Waals surface area contributed by atoms with Crippen molar-refractivity contribution in [1.82, 2.24) is 4.31 Å². The second-order valence-electron chi connectivity index (χ2n) is 3.62. The highest BCUT2D eigenvalue weighted by Gasteiger charge is 2.29. The summed E-state index contributed by atoms with van der Waals surface area (Å²) >= 11 is 0.684. The molecule has 1 fully saturated rings. The molecule has 0 bridgehead atoms. The lowest BCUT2D eigenvalue weighted by Crippen LogP contribution is -2.27. The van der Waals surface area contributed by atoms with Gasteiger partial charge in [-0.05, 0) is 25.0 Å². The summed E-state index contributed by atoms with van der Waals surface area (Å²) in [7, 11) is -2.25. The summed E-state index contributed by atoms with van der Waals surface area (Å²) in [5.74, 6) is 0. The third-order valence-corrected chi connectivity index (χ3v) is 8.00. The number of thiophene rings is 1. The van der Waals surface area contributed by atoms with Gasteiger partial charge in [0.1, 0.15) is 8.42 Å². The van der Waals surface area contributed by atoms with Crippen LogP contribution in [0, 0.1) is 0 Å². The van der Waals surface area contributed by atoms with Crippen LogP contribution in [0.25, 0.3) is 0 Å². The van der Waals surface area contributed by atoms with Crippen molar-refractivity contribution >= 4 is 41.1 Å². The van der Waals surface area contributed by atoms with Gasteiger partial charge in [-0.2, -0.15) is 4.31 Å². The van der Waals surface area contributed by atoms with Crippen LogP contribution in [0.1, 0.15) is 12.8 Å². The summed E-state index contributed by atoms with van der Waals surface area (Å²) < 4.78 is 47.5. The minimum absolute atomic E-state index is 0.0265. The van der Waals surface area contributed by atoms with Crippen LogP contribution < -0.4 is 0 Å². The standard InChI is InChI=1S/C8H10ClNO4S3/c9-16(11,12)7-3-4-8(15-7)17(13,14)10-5-1-2-6-10/h3-4H,1-2,5-6H2. The molecular formula is C8H10ClNO4S3. The summed E-state index contributed by atoms with van der Waals surface area (Å²) in [5, 5.41) is 0. The summed E-state index contributed by atoms with van der Waals surface area (Å²) in [6, 6.07) is 2.50. The molecule has 0 saturated carbocycles. The van der Waals surface area contributed by atoms with E-state index in [-0.39, 0.29) is 8.42 Å². The molecule has 2 heterocycles. The minimum atomic E-state index is -3.86. The molecule has 17 heavy (non-hydrogen) atoms. The highest BCUT2D eigenvalue weighted by molar-refractivity contribution is 8.15. The molecule has 1 aromatic rings. The highest BCUT2D eigenvalue weighted by Crippen LogP contribution is 2.31. The van der Waals surface area contributed by atoms with Crippen LogP contribution in [0.5, 0.6) is 0 Å². The van der Waals surface area contributed by atoms with Crippen molar-refractivity contribution in [2.24, 2.45) is 0 Å². The average molecular weight is 316 g/mol. The molecule has 9 heteroatoms. The van der Waals surface area contributed by atoms with Gasteiger partial charge in [0.15, 0.2) is 0 Å². The first-order chi connectivity index (χ1) is 7.82. The van der Waals surface area contributed by atoms with Crippen molar-refractivity contribution in [3.05, 3.63) is 12.1 Å². The van der Waals surface area contributed by atoms with Crippen LogP contribution in [0.15, 0.2) is 20.6 Å². The van der Waals surface area contributed by atoms with Crippen LogP contribution in [-0.2, 0) is 19.1 Å². The smallest absolute Gasteiger partial charge is 0.206 e. The summed E-state index contributed by atoms with van der Waals surface area (Å²) in [6.45, 7) is 0.979. The van der Waals surface area contributed by atoms with Crippen molar-refractivity contribution in [1.29, 1.82) is 0 Å². The van der Waals surface area contributed by atoms with E-state index < -0.39 is 19.1 Å². The fraction of sp³-hybridized carbons (Fsp3) is 0.500. The molecule has 2 rings (SSSR count). The average Bonchev–Trinajstić information content (AvgIpc) is 2.89. The first-order valence-electron chi connectivity index (χ1n) is 4.86. The zero-order valence-electron chi connectivity index (χ0n) is 8.67. The van der Waals surface area contributed by atoms with Gasteiger partial charge < -0.3 is 0 Å². The normalized spacial score (nSPS) is 18.6. The van der Waals surface area contributed by atoms with E-state index in [0.29, 0.717) is 24.4 Å². The fourth-order valence-electron chi connectivity index (χ4n) is 1.63. The Morgan fingerprint density at radius 2 is 1.59 bits per heavy atom. The van der Waals surface area contributed by atoms with Crippen molar-refractivity contribution in [3.63, 3.8) is 0 Å². The molecular weight excluding hydrogens is 306 g/mol. The maximum Gasteiger partial charge on any atom is 0.270 e. The molecule has 5 nitrogen and oxygen atoms in total. The predicted octanol–water partition coefficient (Wildman–Crippen LogP) is 1.46. The van der Waals surface area contributed by atoms with Crippen LogP contribution >= 0.6 is 22.0 Å². The molecule has 0 atom stereocenters. The number of halogens is 1. The number of nitrogens with zero attached hydrogens (tertiary/aromatic N) is 1. The summed E-state index contributed by atoms with van der Waals surface area (Å²) in [6.07, 6.45) is 1.68. The zero-order valence-corrected chi connectivity index (χ0v) is 11.9. The van der Waals surface area contributed by atoms with Gasteiger partial charge in [0.25, 0.3) is 19.1 Å². The highest BCUT2D eigenvalue weighted by atomic mass is 35.7. The second kappa shape index (κ2) is 4.51. The molecule has 96 valence electrons. The van der Waals surface area contributed by atoms with E-state index in [4.69, 9.17) is 10.7 Å². The molecule has 0 unspecified atom stereocenters. The molecule has 1 aliphatic heterocycles. The molecule has 1 saturated heterocycles. The molecule has 0 N–H and O–H groups in total. The Balaban J connectivity index is 2.38. The lowest BCUT2D eigenvalue weighted by atomic mass is 10.4. The monoisotopic (exact) mass is 315 g/mol. The Hall–Kier alpha value is -0.150. The van der Waals surface area contributed by atoms with Crippen molar-refractivity contribution < 1.29 is 16.8 Å². The van der Waals surface area contributed by atoms with E-state index in [9.17, 15) is 16.8 Å². The van der Waals surface area contributed by atoms with Gasteiger partial charge in [0.05, 0.1) is 0 Å². The van der Waals surface area contributed by atoms with Crippen molar-refractivity contribution in [3.8, 4) is 0 Å². The van der Waals surface area contributed by atoms with E-state index in [2.05, 4.69) is 0 Å². The van der Waals surface area contributed by atoms with Crippen LogP contribution in [0.3, 0.4) is 0 Å². The maximum atomic E-state index is 12.1. The van der Waals surface area contributed by atoms with Gasteiger partial charge in [-0.1, -0.05) is 0 Å². The molecule has 0 aromatic carbocycles. The second-order valence-corrected chi connectivity index (χ2v) is 9.66. The van der Waals surface area contributed by atoms with Gasteiger partial charge in [-0.15, -0.1) is 11.3 Å². The SMILES string of the molecule is O=S(=O)(Cl)c1ccc(S(=O)(=O)N2CCCC2)s1. The largest absolute Gasteiger partial charge is 0.270 e. The zero-order chi connectivity index (χ0) is 12.7. The minimum Gasteiger partial charge on any atom is -0.206 e. The van der Waals surface area contributed by atoms with Crippen LogP contribution in [0.4, 0.5) is 0 Å². The van der Waals surface area contributed by atoms with Crippen LogP contribution in [-0.4, -0.2) is 34.2 Å². The lowest BCUT2D eigenvalue weighted by Gasteiger charge is -2.13. The predicted molar refractivity (Wildman–Crippen MR) is 65.4 cm³/mol. The first kappa shape index (κ1) is 13.3. The Morgan fingerprint density at radius 3 is 2.06 bits per heavy atom. The third-order valence-electron chi connectivity index (χ3n) is 2.46. The fourth-order valence-corrected chi connectivity index (χ4v) is 5.83. The van der Waals surface area contributed by atoms with E-state index in [1.807, 2.05) is 0 Å². The van der Waals surface area contributed by atoms with Crippen molar-refractivity contribution in [2.45, 2.75) is 21.3 Å². The molecule has 0 spiro atoms. The number of hydrogen-bond donors (Lipinski definition) is 0. The molecule has 0 amide bonds. The molecule has 1 aliphatic rings. The molecule has 1 aromatic heterocycles. The van der Waals surface area contributed by atoms with Gasteiger partial charge in [-0.25, -0.2) is 16.8 Å². The van der Waals surface area contributed by atoms with E-state index in [0.717, 1.165) is 12.8 Å². The Kier molecular flexibility index (Phi) is 3.52. The van der Waals surface area contributed by atoms with Gasteiger partial charge in [0, 0.05) is 23.8 Å². The van der Waals surface area contributed by atoms with Crippen molar-refractivity contribution in [2.75, 3.05) is 13.1 Å². The lowest BCUT2D eigenvalue weighted by molar-refractivity contribution is 0.479.